The van der Waals surface area contributed by atoms with Crippen LogP contribution < -0.4 is 5.73 Å². The summed E-state index contributed by atoms with van der Waals surface area (Å²) < 4.78 is 0. The van der Waals surface area contributed by atoms with Crippen molar-refractivity contribution in [3.63, 3.8) is 0 Å². The van der Waals surface area contributed by atoms with E-state index >= 15 is 0 Å². The van der Waals surface area contributed by atoms with Gasteiger partial charge in [0.15, 0.2) is 0 Å². The van der Waals surface area contributed by atoms with Crippen LogP contribution in [-0.2, 0) is 6.42 Å². The Morgan fingerprint density at radius 2 is 2.06 bits per heavy atom. The summed E-state index contributed by atoms with van der Waals surface area (Å²) in [4.78, 5) is 4.64. The van der Waals surface area contributed by atoms with E-state index in [4.69, 9.17) is 5.73 Å². The molecule has 2 aromatic rings. The van der Waals surface area contributed by atoms with Gasteiger partial charge in [0, 0.05) is 23.4 Å². The fraction of sp³-hybridized carbons (Fsp3) is 0.357. The minimum absolute atomic E-state index is 0.241. The molecule has 2 nitrogen and oxygen atoms in total. The first-order valence-corrected chi connectivity index (χ1v) is 6.93. The molecule has 0 saturated heterocycles. The van der Waals surface area contributed by atoms with E-state index in [0.29, 0.717) is 0 Å². The van der Waals surface area contributed by atoms with Gasteiger partial charge in [0.25, 0.3) is 0 Å². The summed E-state index contributed by atoms with van der Waals surface area (Å²) in [5, 5.41) is 3.21. The van der Waals surface area contributed by atoms with Gasteiger partial charge in [0.2, 0.25) is 0 Å². The number of aromatic nitrogens is 1. The van der Waals surface area contributed by atoms with E-state index in [2.05, 4.69) is 29.4 Å². The first-order valence-electron chi connectivity index (χ1n) is 6.05. The highest BCUT2D eigenvalue weighted by Gasteiger charge is 2.08. The van der Waals surface area contributed by atoms with E-state index < -0.39 is 0 Å². The van der Waals surface area contributed by atoms with Crippen molar-refractivity contribution < 1.29 is 0 Å². The van der Waals surface area contributed by atoms with Gasteiger partial charge in [-0.2, -0.15) is 0 Å². The lowest BCUT2D eigenvalue weighted by Gasteiger charge is -2.06. The topological polar surface area (TPSA) is 38.9 Å². The number of benzene rings is 1. The molecule has 1 aromatic carbocycles. The van der Waals surface area contributed by atoms with Crippen LogP contribution >= 0.6 is 11.3 Å². The number of hydrogen-bond acceptors (Lipinski definition) is 3. The molecule has 2 rings (SSSR count). The van der Waals surface area contributed by atoms with Gasteiger partial charge >= 0.3 is 0 Å². The zero-order valence-electron chi connectivity index (χ0n) is 10.1. The molecule has 2 N–H and O–H groups in total. The summed E-state index contributed by atoms with van der Waals surface area (Å²) in [6.07, 6.45) is 3.09. The fourth-order valence-electron chi connectivity index (χ4n) is 1.86. The number of nitrogens with zero attached hydrogens (tertiary/aromatic N) is 1. The van der Waals surface area contributed by atoms with Crippen LogP contribution in [0.2, 0.25) is 0 Å². The zero-order valence-corrected chi connectivity index (χ0v) is 10.9. The fourth-order valence-corrected chi connectivity index (χ4v) is 2.69. The van der Waals surface area contributed by atoms with Crippen molar-refractivity contribution in [3.8, 4) is 10.6 Å². The lowest BCUT2D eigenvalue weighted by atomic mass is 10.1. The smallest absolute Gasteiger partial charge is 0.123 e. The third-order valence-electron chi connectivity index (χ3n) is 2.70. The average Bonchev–Trinajstić information content (AvgIpc) is 2.79. The molecule has 1 unspecified atom stereocenters. The third-order valence-corrected chi connectivity index (χ3v) is 3.64. The van der Waals surface area contributed by atoms with Crippen LogP contribution in [0.1, 0.15) is 25.5 Å². The Bertz CT molecular complexity index is 450. The van der Waals surface area contributed by atoms with E-state index in [1.54, 1.807) is 11.3 Å². The summed E-state index contributed by atoms with van der Waals surface area (Å²) in [5.74, 6) is 0. The van der Waals surface area contributed by atoms with Crippen molar-refractivity contribution >= 4 is 11.3 Å². The van der Waals surface area contributed by atoms with Gasteiger partial charge in [-0.3, -0.25) is 0 Å². The van der Waals surface area contributed by atoms with E-state index in [-0.39, 0.29) is 6.04 Å². The molecular weight excluding hydrogens is 228 g/mol. The summed E-state index contributed by atoms with van der Waals surface area (Å²) in [5.41, 5.74) is 8.34. The monoisotopic (exact) mass is 246 g/mol. The highest BCUT2D eigenvalue weighted by Crippen LogP contribution is 2.23. The maximum absolute atomic E-state index is 6.03. The SMILES string of the molecule is CCCC(N)Cc1csc(-c2ccccc2)n1. The quantitative estimate of drug-likeness (QED) is 0.877. The lowest BCUT2D eigenvalue weighted by molar-refractivity contribution is 0.595. The molecule has 0 bridgehead atoms. The summed E-state index contributed by atoms with van der Waals surface area (Å²) in [7, 11) is 0. The Labute approximate surface area is 107 Å². The molecule has 1 aromatic heterocycles. The van der Waals surface area contributed by atoms with Crippen LogP contribution in [0.15, 0.2) is 35.7 Å². The second kappa shape index (κ2) is 5.94. The van der Waals surface area contributed by atoms with Crippen LogP contribution in [0.4, 0.5) is 0 Å². The molecule has 1 heterocycles. The minimum atomic E-state index is 0.241. The Hall–Kier alpha value is -1.19. The van der Waals surface area contributed by atoms with Gasteiger partial charge in [-0.05, 0) is 6.42 Å². The molecule has 0 amide bonds. The number of nitrogens with two attached hydrogens (primary N) is 1. The second-order valence-corrected chi connectivity index (χ2v) is 5.12. The molecule has 17 heavy (non-hydrogen) atoms. The maximum Gasteiger partial charge on any atom is 0.123 e. The molecule has 0 aliphatic heterocycles. The van der Waals surface area contributed by atoms with Crippen LogP contribution in [0, 0.1) is 0 Å². The molecule has 0 radical (unpaired) electrons. The van der Waals surface area contributed by atoms with Crippen LogP contribution in [0.25, 0.3) is 10.6 Å². The van der Waals surface area contributed by atoms with E-state index in [1.807, 2.05) is 18.2 Å². The molecule has 3 heteroatoms. The minimum Gasteiger partial charge on any atom is -0.327 e. The average molecular weight is 246 g/mol. The normalized spacial score (nSPS) is 12.6. The van der Waals surface area contributed by atoms with Gasteiger partial charge in [-0.25, -0.2) is 4.98 Å². The van der Waals surface area contributed by atoms with Crippen molar-refractivity contribution in [1.82, 2.24) is 4.98 Å². The van der Waals surface area contributed by atoms with Crippen molar-refractivity contribution in [2.24, 2.45) is 5.73 Å². The highest BCUT2D eigenvalue weighted by molar-refractivity contribution is 7.13. The standard InChI is InChI=1S/C14H18N2S/c1-2-6-12(15)9-13-10-17-14(16-13)11-7-4-3-5-8-11/h3-5,7-8,10,12H,2,6,9,15H2,1H3. The zero-order chi connectivity index (χ0) is 12.1. The van der Waals surface area contributed by atoms with Crippen LogP contribution in [-0.4, -0.2) is 11.0 Å². The molecule has 0 spiro atoms. The van der Waals surface area contributed by atoms with E-state index in [1.165, 1.54) is 5.56 Å². The number of hydrogen-bond donors (Lipinski definition) is 1. The number of thiazole rings is 1. The maximum atomic E-state index is 6.03. The molecule has 1 atom stereocenters. The molecule has 90 valence electrons. The Morgan fingerprint density at radius 1 is 1.29 bits per heavy atom. The molecule has 0 fully saturated rings. The highest BCUT2D eigenvalue weighted by atomic mass is 32.1. The predicted molar refractivity (Wildman–Crippen MR) is 74.1 cm³/mol. The van der Waals surface area contributed by atoms with Crippen molar-refractivity contribution in [2.75, 3.05) is 0 Å². The van der Waals surface area contributed by atoms with E-state index in [9.17, 15) is 0 Å². The van der Waals surface area contributed by atoms with Gasteiger partial charge in [-0.1, -0.05) is 43.7 Å². The van der Waals surface area contributed by atoms with Gasteiger partial charge in [-0.15, -0.1) is 11.3 Å². The summed E-state index contributed by atoms with van der Waals surface area (Å²) in [6.45, 7) is 2.16. The Kier molecular flexibility index (Phi) is 4.29. The summed E-state index contributed by atoms with van der Waals surface area (Å²) in [6, 6.07) is 10.5. The lowest BCUT2D eigenvalue weighted by Crippen LogP contribution is -2.22. The molecule has 0 aliphatic carbocycles. The first-order chi connectivity index (χ1) is 8.29. The largest absolute Gasteiger partial charge is 0.327 e. The van der Waals surface area contributed by atoms with Crippen molar-refractivity contribution in [3.05, 3.63) is 41.4 Å². The number of rotatable bonds is 5. The van der Waals surface area contributed by atoms with Crippen molar-refractivity contribution in [1.29, 1.82) is 0 Å². The van der Waals surface area contributed by atoms with Gasteiger partial charge in [0.05, 0.1) is 5.69 Å². The Morgan fingerprint density at radius 3 is 2.76 bits per heavy atom. The third kappa shape index (κ3) is 3.38. The molecule has 0 aliphatic rings. The molecule has 0 saturated carbocycles. The first kappa shape index (κ1) is 12.3. The Balaban J connectivity index is 2.06. The van der Waals surface area contributed by atoms with E-state index in [0.717, 1.165) is 30.0 Å². The van der Waals surface area contributed by atoms with Gasteiger partial charge in [0.1, 0.15) is 5.01 Å². The summed E-state index contributed by atoms with van der Waals surface area (Å²) >= 11 is 1.70. The van der Waals surface area contributed by atoms with Crippen LogP contribution in [0.5, 0.6) is 0 Å². The van der Waals surface area contributed by atoms with Crippen molar-refractivity contribution in [2.45, 2.75) is 32.2 Å². The van der Waals surface area contributed by atoms with Gasteiger partial charge < -0.3 is 5.73 Å². The van der Waals surface area contributed by atoms with Crippen LogP contribution in [0.3, 0.4) is 0 Å². The predicted octanol–water partition coefficient (Wildman–Crippen LogP) is 3.48. The molecular formula is C14H18N2S. The second-order valence-electron chi connectivity index (χ2n) is 4.26.